The third-order valence-corrected chi connectivity index (χ3v) is 6.51. The van der Waals surface area contributed by atoms with Crippen LogP contribution in [0, 0.1) is 17.7 Å². The van der Waals surface area contributed by atoms with Gasteiger partial charge in [0.2, 0.25) is 5.75 Å². The van der Waals surface area contributed by atoms with E-state index in [2.05, 4.69) is 4.98 Å². The summed E-state index contributed by atoms with van der Waals surface area (Å²) >= 11 is 0. The van der Waals surface area contributed by atoms with E-state index in [0.717, 1.165) is 24.8 Å². The van der Waals surface area contributed by atoms with Gasteiger partial charge in [0.05, 0.1) is 20.1 Å². The Morgan fingerprint density at radius 1 is 1.08 bits per heavy atom. The maximum Gasteiger partial charge on any atom is 0.309 e. The van der Waals surface area contributed by atoms with Crippen LogP contribution in [0.2, 0.25) is 0 Å². The van der Waals surface area contributed by atoms with E-state index in [1.165, 1.54) is 45.5 Å². The number of carbonyl (C=O) groups is 3. The number of methoxy groups -OCH3 is 2. The molecule has 0 spiro atoms. The predicted molar refractivity (Wildman–Crippen MR) is 129 cm³/mol. The minimum Gasteiger partial charge on any atom is -0.496 e. The maximum atomic E-state index is 13.8. The van der Waals surface area contributed by atoms with E-state index in [1.54, 1.807) is 19.9 Å². The summed E-state index contributed by atoms with van der Waals surface area (Å²) in [6.45, 7) is 4.60. The van der Waals surface area contributed by atoms with Gasteiger partial charge in [-0.3, -0.25) is 14.4 Å². The number of carbonyl (C=O) groups excluding carboxylic acids is 3. The van der Waals surface area contributed by atoms with Crippen molar-refractivity contribution < 1.29 is 37.7 Å². The molecule has 1 aromatic carbocycles. The Hall–Kier alpha value is -3.49. The molecule has 1 fully saturated rings. The van der Waals surface area contributed by atoms with Crippen LogP contribution in [0.15, 0.2) is 30.5 Å². The van der Waals surface area contributed by atoms with Crippen molar-refractivity contribution in [2.45, 2.75) is 58.5 Å². The quantitative estimate of drug-likeness (QED) is 0.317. The summed E-state index contributed by atoms with van der Waals surface area (Å²) in [5.41, 5.74) is 0.694. The second kappa shape index (κ2) is 12.0. The summed E-state index contributed by atoms with van der Waals surface area (Å²) in [6.07, 6.45) is 3.67. The van der Waals surface area contributed by atoms with Crippen LogP contribution in [0.25, 0.3) is 0 Å². The van der Waals surface area contributed by atoms with E-state index in [9.17, 15) is 18.8 Å². The van der Waals surface area contributed by atoms with Gasteiger partial charge in [-0.15, -0.1) is 0 Å². The first-order valence-corrected chi connectivity index (χ1v) is 11.9. The molecule has 0 radical (unpaired) electrons. The van der Waals surface area contributed by atoms with Crippen molar-refractivity contribution in [1.82, 2.24) is 4.98 Å². The molecule has 0 N–H and O–H groups in total. The van der Waals surface area contributed by atoms with Crippen LogP contribution in [-0.4, -0.2) is 43.0 Å². The van der Waals surface area contributed by atoms with Gasteiger partial charge in [0.15, 0.2) is 17.2 Å². The fourth-order valence-electron chi connectivity index (χ4n) is 4.51. The van der Waals surface area contributed by atoms with Gasteiger partial charge in [-0.2, -0.15) is 0 Å². The van der Waals surface area contributed by atoms with E-state index in [1.807, 2.05) is 0 Å². The lowest BCUT2D eigenvalue weighted by Crippen LogP contribution is -2.33. The molecule has 9 heteroatoms. The lowest BCUT2D eigenvalue weighted by molar-refractivity contribution is -0.154. The van der Waals surface area contributed by atoms with Gasteiger partial charge >= 0.3 is 11.9 Å². The van der Waals surface area contributed by atoms with Crippen LogP contribution in [0.3, 0.4) is 0 Å². The minimum absolute atomic E-state index is 0.0834. The van der Waals surface area contributed by atoms with Crippen LogP contribution in [0.5, 0.6) is 17.2 Å². The number of benzene rings is 1. The highest BCUT2D eigenvalue weighted by Crippen LogP contribution is 2.45. The van der Waals surface area contributed by atoms with Crippen LogP contribution < -0.4 is 14.2 Å². The molecule has 0 aliphatic heterocycles. The molecule has 0 unspecified atom stereocenters. The first kappa shape index (κ1) is 27.1. The van der Waals surface area contributed by atoms with Crippen LogP contribution in [-0.2, 0) is 14.3 Å². The van der Waals surface area contributed by atoms with Gasteiger partial charge < -0.3 is 18.9 Å². The molecule has 1 saturated carbocycles. The van der Waals surface area contributed by atoms with Crippen molar-refractivity contribution in [3.05, 3.63) is 47.5 Å². The van der Waals surface area contributed by atoms with Crippen molar-refractivity contribution in [1.29, 1.82) is 0 Å². The van der Waals surface area contributed by atoms with Gasteiger partial charge in [0.25, 0.3) is 0 Å². The SMILES string of the molecule is COc1cc(F)ccc1[C@H](C1CCC1)[C@H](C)OC(=O)[C@H](C)CC(=O)c1nccc(OC)c1OC(C)=O. The average Bonchev–Trinajstić information content (AvgIpc) is 2.80. The number of nitrogens with zero attached hydrogens (tertiary/aromatic N) is 1. The molecule has 0 bridgehead atoms. The Morgan fingerprint density at radius 2 is 1.78 bits per heavy atom. The van der Waals surface area contributed by atoms with Crippen molar-refractivity contribution in [2.24, 2.45) is 11.8 Å². The molecule has 2 aromatic rings. The van der Waals surface area contributed by atoms with Crippen molar-refractivity contribution in [3.8, 4) is 17.2 Å². The molecule has 36 heavy (non-hydrogen) atoms. The lowest BCUT2D eigenvalue weighted by atomic mass is 9.70. The van der Waals surface area contributed by atoms with E-state index >= 15 is 0 Å². The summed E-state index contributed by atoms with van der Waals surface area (Å²) < 4.78 is 35.3. The highest BCUT2D eigenvalue weighted by atomic mass is 19.1. The maximum absolute atomic E-state index is 13.8. The molecule has 3 rings (SSSR count). The normalized spacial score (nSPS) is 15.7. The Labute approximate surface area is 210 Å². The molecule has 8 nitrogen and oxygen atoms in total. The number of hydrogen-bond donors (Lipinski definition) is 0. The molecule has 1 heterocycles. The zero-order chi connectivity index (χ0) is 26.4. The molecule has 194 valence electrons. The average molecular weight is 502 g/mol. The summed E-state index contributed by atoms with van der Waals surface area (Å²) in [7, 11) is 2.86. The predicted octanol–water partition coefficient (Wildman–Crippen LogP) is 4.89. The van der Waals surface area contributed by atoms with Crippen LogP contribution in [0.1, 0.15) is 68.4 Å². The minimum atomic E-state index is -0.782. The number of esters is 2. The number of rotatable bonds is 11. The Morgan fingerprint density at radius 3 is 2.36 bits per heavy atom. The molecule has 1 aromatic heterocycles. The second-order valence-electron chi connectivity index (χ2n) is 9.06. The Kier molecular flexibility index (Phi) is 9.01. The largest absolute Gasteiger partial charge is 0.496 e. The Bertz CT molecular complexity index is 1120. The van der Waals surface area contributed by atoms with Crippen molar-refractivity contribution in [2.75, 3.05) is 14.2 Å². The van der Waals surface area contributed by atoms with E-state index in [-0.39, 0.29) is 35.4 Å². The zero-order valence-electron chi connectivity index (χ0n) is 21.2. The van der Waals surface area contributed by atoms with Crippen molar-refractivity contribution in [3.63, 3.8) is 0 Å². The molecule has 0 amide bonds. The van der Waals surface area contributed by atoms with Gasteiger partial charge in [0.1, 0.15) is 17.7 Å². The van der Waals surface area contributed by atoms with Gasteiger partial charge in [-0.1, -0.05) is 19.4 Å². The smallest absolute Gasteiger partial charge is 0.309 e. The number of pyridine rings is 1. The number of ketones is 1. The van der Waals surface area contributed by atoms with E-state index < -0.39 is 35.6 Å². The summed E-state index contributed by atoms with van der Waals surface area (Å²) in [5, 5.41) is 0. The molecular formula is C27H32FNO7. The summed E-state index contributed by atoms with van der Waals surface area (Å²) in [6, 6.07) is 5.86. The van der Waals surface area contributed by atoms with E-state index in [0.29, 0.717) is 5.75 Å². The number of aromatic nitrogens is 1. The Balaban J connectivity index is 1.74. The number of hydrogen-bond acceptors (Lipinski definition) is 8. The highest BCUT2D eigenvalue weighted by Gasteiger charge is 2.37. The highest BCUT2D eigenvalue weighted by molar-refractivity contribution is 5.99. The lowest BCUT2D eigenvalue weighted by Gasteiger charge is -2.38. The van der Waals surface area contributed by atoms with Crippen LogP contribution in [0.4, 0.5) is 4.39 Å². The van der Waals surface area contributed by atoms with Gasteiger partial charge in [-0.25, -0.2) is 9.37 Å². The molecule has 3 atom stereocenters. The van der Waals surface area contributed by atoms with E-state index in [4.69, 9.17) is 18.9 Å². The number of ether oxygens (including phenoxy) is 4. The standard InChI is InChI=1S/C27H32FNO7/c1-15(13-21(31)25-26(36-17(3)30)22(33-4)11-12-29-25)27(32)35-16(2)24(18-7-6-8-18)20-10-9-19(28)14-23(20)34-5/h9-12,14-16,18,24H,6-8,13H2,1-5H3/t15-,16+,24+/m1/s1. The summed E-state index contributed by atoms with van der Waals surface area (Å²) in [5.74, 6) is -2.22. The number of halogens is 1. The summed E-state index contributed by atoms with van der Waals surface area (Å²) in [4.78, 5) is 41.5. The van der Waals surface area contributed by atoms with Gasteiger partial charge in [-0.05, 0) is 31.7 Å². The molecule has 1 aliphatic carbocycles. The number of Topliss-reactive ketones (excluding diaryl/α,β-unsaturated/α-hetero) is 1. The molecule has 1 aliphatic rings. The molecular weight excluding hydrogens is 469 g/mol. The first-order chi connectivity index (χ1) is 17.2. The fourth-order valence-corrected chi connectivity index (χ4v) is 4.51. The first-order valence-electron chi connectivity index (χ1n) is 11.9. The topological polar surface area (TPSA) is 101 Å². The zero-order valence-corrected chi connectivity index (χ0v) is 21.2. The third-order valence-electron chi connectivity index (χ3n) is 6.51. The van der Waals surface area contributed by atoms with Crippen LogP contribution >= 0.6 is 0 Å². The van der Waals surface area contributed by atoms with Gasteiger partial charge in [0, 0.05) is 43.2 Å². The third kappa shape index (κ3) is 6.19. The van der Waals surface area contributed by atoms with Crippen molar-refractivity contribution >= 4 is 17.7 Å². The fraction of sp³-hybridized carbons (Fsp3) is 0.481. The molecule has 0 saturated heterocycles. The second-order valence-corrected chi connectivity index (χ2v) is 9.06. The monoisotopic (exact) mass is 501 g/mol.